The molecule has 1 unspecified atom stereocenters. The SMILES string of the molecule is CCc1cc(C(N)=NO)cc(C)c1N(C)OS(=O)O. The third-order valence-corrected chi connectivity index (χ3v) is 3.01. The second-order valence-corrected chi connectivity index (χ2v) is 4.51. The molecule has 0 fully saturated rings. The predicted octanol–water partition coefficient (Wildman–Crippen LogP) is 1.16. The van der Waals surface area contributed by atoms with Crippen LogP contribution in [0.2, 0.25) is 0 Å². The predicted molar refractivity (Wildman–Crippen MR) is 73.3 cm³/mol. The molecule has 0 saturated carbocycles. The topological polar surface area (TPSA) is 108 Å². The number of anilines is 1. The van der Waals surface area contributed by atoms with Crippen molar-refractivity contribution in [3.05, 3.63) is 28.8 Å². The molecule has 1 aromatic rings. The summed E-state index contributed by atoms with van der Waals surface area (Å²) in [5.41, 5.74) is 8.46. The van der Waals surface area contributed by atoms with E-state index in [1.165, 1.54) is 5.06 Å². The molecule has 0 amide bonds. The van der Waals surface area contributed by atoms with Crippen LogP contribution in [0.25, 0.3) is 0 Å². The maximum Gasteiger partial charge on any atom is 0.325 e. The molecule has 0 aliphatic rings. The number of nitrogens with two attached hydrogens (primary N) is 1. The smallest absolute Gasteiger partial charge is 0.325 e. The van der Waals surface area contributed by atoms with Gasteiger partial charge in [-0.3, -0.25) is 4.55 Å². The highest BCUT2D eigenvalue weighted by molar-refractivity contribution is 7.74. The second-order valence-electron chi connectivity index (χ2n) is 3.93. The molecule has 106 valence electrons. The number of benzene rings is 1. The van der Waals surface area contributed by atoms with Crippen molar-refractivity contribution < 1.29 is 18.3 Å². The van der Waals surface area contributed by atoms with Crippen molar-refractivity contribution in [3.63, 3.8) is 0 Å². The van der Waals surface area contributed by atoms with Gasteiger partial charge in [0.15, 0.2) is 5.84 Å². The Kier molecular flexibility index (Phi) is 5.28. The van der Waals surface area contributed by atoms with Gasteiger partial charge in [-0.05, 0) is 36.6 Å². The molecule has 0 aliphatic heterocycles. The lowest BCUT2D eigenvalue weighted by Gasteiger charge is -2.22. The van der Waals surface area contributed by atoms with Crippen LogP contribution in [-0.4, -0.2) is 26.9 Å². The van der Waals surface area contributed by atoms with Crippen LogP contribution >= 0.6 is 0 Å². The number of amidine groups is 1. The van der Waals surface area contributed by atoms with Crippen molar-refractivity contribution in [1.29, 1.82) is 0 Å². The summed E-state index contributed by atoms with van der Waals surface area (Å²) in [6, 6.07) is 3.46. The van der Waals surface area contributed by atoms with E-state index < -0.39 is 11.4 Å². The number of hydrogen-bond acceptors (Lipinski definition) is 5. The van der Waals surface area contributed by atoms with Crippen molar-refractivity contribution in [2.75, 3.05) is 12.1 Å². The second kappa shape index (κ2) is 6.50. The Morgan fingerprint density at radius 3 is 2.68 bits per heavy atom. The van der Waals surface area contributed by atoms with E-state index in [0.717, 1.165) is 11.1 Å². The van der Waals surface area contributed by atoms with E-state index in [2.05, 4.69) is 5.16 Å². The van der Waals surface area contributed by atoms with Crippen molar-refractivity contribution in [2.24, 2.45) is 10.9 Å². The Labute approximate surface area is 114 Å². The van der Waals surface area contributed by atoms with E-state index in [9.17, 15) is 4.21 Å². The van der Waals surface area contributed by atoms with Gasteiger partial charge in [-0.2, -0.15) is 4.21 Å². The number of rotatable bonds is 5. The van der Waals surface area contributed by atoms with E-state index in [4.69, 9.17) is 19.8 Å². The number of aryl methyl sites for hydroxylation is 2. The molecule has 0 aromatic heterocycles. The minimum atomic E-state index is -2.39. The van der Waals surface area contributed by atoms with Gasteiger partial charge in [-0.1, -0.05) is 12.1 Å². The van der Waals surface area contributed by atoms with Gasteiger partial charge in [0.1, 0.15) is 0 Å². The van der Waals surface area contributed by atoms with Crippen molar-refractivity contribution >= 4 is 22.9 Å². The maximum absolute atomic E-state index is 10.7. The van der Waals surface area contributed by atoms with Gasteiger partial charge in [0.2, 0.25) is 0 Å². The first-order valence-electron chi connectivity index (χ1n) is 5.55. The lowest BCUT2D eigenvalue weighted by Crippen LogP contribution is -2.22. The largest absolute Gasteiger partial charge is 0.409 e. The average Bonchev–Trinajstić information content (AvgIpc) is 2.35. The molecule has 4 N–H and O–H groups in total. The summed E-state index contributed by atoms with van der Waals surface area (Å²) >= 11 is -2.39. The summed E-state index contributed by atoms with van der Waals surface area (Å²) in [4.78, 5) is 0. The number of hydroxylamine groups is 1. The fourth-order valence-corrected chi connectivity index (χ4v) is 2.18. The monoisotopic (exact) mass is 287 g/mol. The molecular formula is C11H17N3O4S. The average molecular weight is 287 g/mol. The fourth-order valence-electron chi connectivity index (χ4n) is 1.91. The van der Waals surface area contributed by atoms with Gasteiger partial charge in [0.25, 0.3) is 0 Å². The summed E-state index contributed by atoms with van der Waals surface area (Å²) in [5, 5.41) is 12.9. The van der Waals surface area contributed by atoms with Crippen molar-refractivity contribution in [2.45, 2.75) is 20.3 Å². The van der Waals surface area contributed by atoms with Gasteiger partial charge in [0.05, 0.1) is 5.69 Å². The van der Waals surface area contributed by atoms with Crippen LogP contribution in [0.4, 0.5) is 5.69 Å². The molecule has 1 rings (SSSR count). The molecule has 0 radical (unpaired) electrons. The van der Waals surface area contributed by atoms with E-state index in [-0.39, 0.29) is 5.84 Å². The van der Waals surface area contributed by atoms with Crippen LogP contribution in [0.5, 0.6) is 0 Å². The zero-order chi connectivity index (χ0) is 14.6. The van der Waals surface area contributed by atoms with Crippen LogP contribution in [0.15, 0.2) is 17.3 Å². The summed E-state index contributed by atoms with van der Waals surface area (Å²) in [6.45, 7) is 3.74. The number of oxime groups is 1. The summed E-state index contributed by atoms with van der Waals surface area (Å²) < 4.78 is 24.2. The molecule has 1 aromatic carbocycles. The Morgan fingerprint density at radius 2 is 2.21 bits per heavy atom. The van der Waals surface area contributed by atoms with Crippen LogP contribution in [0, 0.1) is 6.92 Å². The van der Waals surface area contributed by atoms with E-state index >= 15 is 0 Å². The summed E-state index contributed by atoms with van der Waals surface area (Å²) in [7, 11) is 1.54. The molecule has 7 nitrogen and oxygen atoms in total. The van der Waals surface area contributed by atoms with Crippen LogP contribution in [0.3, 0.4) is 0 Å². The Bertz CT molecular complexity index is 519. The van der Waals surface area contributed by atoms with Gasteiger partial charge >= 0.3 is 11.4 Å². The molecule has 0 heterocycles. The highest BCUT2D eigenvalue weighted by Gasteiger charge is 2.15. The van der Waals surface area contributed by atoms with Crippen LogP contribution < -0.4 is 10.8 Å². The highest BCUT2D eigenvalue weighted by Crippen LogP contribution is 2.27. The number of nitrogens with zero attached hydrogens (tertiary/aromatic N) is 2. The Hall–Kier alpha value is -1.64. The molecule has 0 saturated heterocycles. The van der Waals surface area contributed by atoms with Gasteiger partial charge in [-0.15, -0.1) is 4.28 Å². The third-order valence-electron chi connectivity index (χ3n) is 2.65. The normalized spacial score (nSPS) is 13.4. The van der Waals surface area contributed by atoms with E-state index in [1.54, 1.807) is 19.2 Å². The zero-order valence-electron chi connectivity index (χ0n) is 11.0. The molecule has 8 heteroatoms. The van der Waals surface area contributed by atoms with Crippen molar-refractivity contribution in [1.82, 2.24) is 0 Å². The molecular weight excluding hydrogens is 270 g/mol. The zero-order valence-corrected chi connectivity index (χ0v) is 11.8. The fraction of sp³-hybridized carbons (Fsp3) is 0.364. The lowest BCUT2D eigenvalue weighted by atomic mass is 10.0. The minimum absolute atomic E-state index is 0.0126. The maximum atomic E-state index is 10.7. The molecule has 0 spiro atoms. The lowest BCUT2D eigenvalue weighted by molar-refractivity contribution is 0.294. The molecule has 0 aliphatic carbocycles. The van der Waals surface area contributed by atoms with Crippen molar-refractivity contribution in [3.8, 4) is 0 Å². The molecule has 0 bridgehead atoms. The van der Waals surface area contributed by atoms with Gasteiger partial charge < -0.3 is 10.9 Å². The first-order chi connectivity index (χ1) is 8.90. The summed E-state index contributed by atoms with van der Waals surface area (Å²) in [6.07, 6.45) is 0.661. The molecule has 19 heavy (non-hydrogen) atoms. The third kappa shape index (κ3) is 3.66. The Balaban J connectivity index is 3.29. The van der Waals surface area contributed by atoms with E-state index in [0.29, 0.717) is 17.7 Å². The standard InChI is InChI=1S/C11H17N3O4S/c1-4-8-6-9(11(12)13-15)5-7(2)10(8)14(3)18-19(16)17/h5-6,15H,4H2,1-3H3,(H2,12,13)(H,16,17). The highest BCUT2D eigenvalue weighted by atomic mass is 32.2. The van der Waals surface area contributed by atoms with Gasteiger partial charge in [0, 0.05) is 12.6 Å². The van der Waals surface area contributed by atoms with Gasteiger partial charge in [-0.25, -0.2) is 5.06 Å². The minimum Gasteiger partial charge on any atom is -0.409 e. The van der Waals surface area contributed by atoms with Crippen LogP contribution in [-0.2, 0) is 22.1 Å². The first-order valence-corrected chi connectivity index (χ1v) is 6.58. The van der Waals surface area contributed by atoms with E-state index in [1.807, 2.05) is 13.8 Å². The van der Waals surface area contributed by atoms with Crippen LogP contribution in [0.1, 0.15) is 23.6 Å². The molecule has 1 atom stereocenters. The Morgan fingerprint density at radius 1 is 1.58 bits per heavy atom. The number of hydrogen-bond donors (Lipinski definition) is 3. The quantitative estimate of drug-likeness (QED) is 0.246. The summed E-state index contributed by atoms with van der Waals surface area (Å²) in [5.74, 6) is 0.0126. The first kappa shape index (κ1) is 15.4.